The average Bonchev–Trinajstić information content (AvgIpc) is 2.59. The third kappa shape index (κ3) is 3.26. The minimum Gasteiger partial charge on any atom is -0.493 e. The summed E-state index contributed by atoms with van der Waals surface area (Å²) in [7, 11) is 0. The smallest absolute Gasteiger partial charge is 0.130 e. The second-order valence-corrected chi connectivity index (χ2v) is 5.17. The third-order valence-corrected chi connectivity index (χ3v) is 3.56. The highest BCUT2D eigenvalue weighted by atomic mass is 16.5. The summed E-state index contributed by atoms with van der Waals surface area (Å²) in [6.45, 7) is 0.804. The van der Waals surface area contributed by atoms with E-state index < -0.39 is 0 Å². The minimum absolute atomic E-state index is 0.204. The number of unbranched alkanes of at least 4 members (excludes halogenated alkanes) is 1. The van der Waals surface area contributed by atoms with Crippen LogP contribution in [0.15, 0.2) is 60.7 Å². The lowest BCUT2D eigenvalue weighted by Crippen LogP contribution is -2.00. The largest absolute Gasteiger partial charge is 0.493 e. The van der Waals surface area contributed by atoms with E-state index >= 15 is 0 Å². The molecular formula is C19H19NO2. The standard InChI is InChI=1S/C19H19NO2/c21-12-6-7-13-22-19-14-18(15-8-2-1-3-9-15)20-17-11-5-4-10-16(17)19/h1-5,8-11,14,21H,6-7,12-13H2. The number of benzene rings is 2. The van der Waals surface area contributed by atoms with Gasteiger partial charge in [-0.25, -0.2) is 4.98 Å². The molecule has 0 radical (unpaired) electrons. The van der Waals surface area contributed by atoms with Gasteiger partial charge in [0.2, 0.25) is 0 Å². The molecule has 1 aromatic heterocycles. The second kappa shape index (κ2) is 7.05. The molecule has 3 rings (SSSR count). The fraction of sp³-hybridized carbons (Fsp3) is 0.211. The van der Waals surface area contributed by atoms with Crippen LogP contribution in [0.2, 0.25) is 0 Å². The zero-order valence-electron chi connectivity index (χ0n) is 12.4. The number of aliphatic hydroxyl groups is 1. The highest BCUT2D eigenvalue weighted by molar-refractivity contribution is 5.87. The highest BCUT2D eigenvalue weighted by Gasteiger charge is 2.08. The van der Waals surface area contributed by atoms with Gasteiger partial charge in [0.05, 0.1) is 17.8 Å². The first-order chi connectivity index (χ1) is 10.9. The predicted molar refractivity (Wildman–Crippen MR) is 89.0 cm³/mol. The lowest BCUT2D eigenvalue weighted by atomic mass is 10.1. The lowest BCUT2D eigenvalue weighted by molar-refractivity contribution is 0.254. The fourth-order valence-electron chi connectivity index (χ4n) is 2.42. The van der Waals surface area contributed by atoms with Crippen molar-refractivity contribution in [1.29, 1.82) is 0 Å². The van der Waals surface area contributed by atoms with Crippen LogP contribution in [0.1, 0.15) is 12.8 Å². The SMILES string of the molecule is OCCCCOc1cc(-c2ccccc2)nc2ccccc12. The van der Waals surface area contributed by atoms with E-state index in [1.807, 2.05) is 60.7 Å². The molecule has 0 saturated heterocycles. The molecule has 3 heteroatoms. The molecule has 22 heavy (non-hydrogen) atoms. The van der Waals surface area contributed by atoms with Crippen molar-refractivity contribution in [2.45, 2.75) is 12.8 Å². The minimum atomic E-state index is 0.204. The first-order valence-corrected chi connectivity index (χ1v) is 7.57. The Morgan fingerprint density at radius 3 is 2.50 bits per heavy atom. The molecule has 0 aliphatic rings. The molecule has 0 amide bonds. The molecule has 1 N–H and O–H groups in total. The molecule has 3 nitrogen and oxygen atoms in total. The zero-order valence-corrected chi connectivity index (χ0v) is 12.4. The van der Waals surface area contributed by atoms with E-state index in [9.17, 15) is 0 Å². The van der Waals surface area contributed by atoms with Crippen LogP contribution < -0.4 is 4.74 Å². The van der Waals surface area contributed by atoms with Gasteiger partial charge in [-0.3, -0.25) is 0 Å². The van der Waals surface area contributed by atoms with Gasteiger partial charge in [0.1, 0.15) is 5.75 Å². The van der Waals surface area contributed by atoms with Gasteiger partial charge in [-0.05, 0) is 25.0 Å². The number of fused-ring (bicyclic) bond motifs is 1. The van der Waals surface area contributed by atoms with Crippen LogP contribution >= 0.6 is 0 Å². The van der Waals surface area contributed by atoms with E-state index in [-0.39, 0.29) is 6.61 Å². The van der Waals surface area contributed by atoms with Crippen molar-refractivity contribution in [3.8, 4) is 17.0 Å². The molecule has 112 valence electrons. The molecule has 0 bridgehead atoms. The van der Waals surface area contributed by atoms with Crippen molar-refractivity contribution in [2.24, 2.45) is 0 Å². The molecule has 0 atom stereocenters. The summed E-state index contributed by atoms with van der Waals surface area (Å²) in [5.74, 6) is 0.849. The van der Waals surface area contributed by atoms with Gasteiger partial charge in [0, 0.05) is 23.6 Å². The molecule has 0 aliphatic carbocycles. The van der Waals surface area contributed by atoms with E-state index in [4.69, 9.17) is 14.8 Å². The van der Waals surface area contributed by atoms with Crippen LogP contribution in [-0.2, 0) is 0 Å². The van der Waals surface area contributed by atoms with E-state index in [0.717, 1.165) is 40.8 Å². The number of nitrogens with zero attached hydrogens (tertiary/aromatic N) is 1. The van der Waals surface area contributed by atoms with Gasteiger partial charge in [0.25, 0.3) is 0 Å². The Hall–Kier alpha value is -2.39. The van der Waals surface area contributed by atoms with Gasteiger partial charge < -0.3 is 9.84 Å². The molecule has 1 heterocycles. The fourth-order valence-corrected chi connectivity index (χ4v) is 2.42. The van der Waals surface area contributed by atoms with E-state index in [0.29, 0.717) is 6.61 Å². The third-order valence-electron chi connectivity index (χ3n) is 3.56. The Morgan fingerprint density at radius 1 is 0.909 bits per heavy atom. The maximum absolute atomic E-state index is 8.86. The van der Waals surface area contributed by atoms with Crippen molar-refractivity contribution < 1.29 is 9.84 Å². The van der Waals surface area contributed by atoms with Crippen LogP contribution in [0, 0.1) is 0 Å². The van der Waals surface area contributed by atoms with Crippen LogP contribution in [0.4, 0.5) is 0 Å². The number of ether oxygens (including phenoxy) is 1. The normalized spacial score (nSPS) is 10.8. The van der Waals surface area contributed by atoms with Crippen molar-refractivity contribution in [3.63, 3.8) is 0 Å². The first kappa shape index (κ1) is 14.5. The molecule has 0 aliphatic heterocycles. The van der Waals surface area contributed by atoms with Crippen LogP contribution in [0.3, 0.4) is 0 Å². The summed E-state index contributed by atoms with van der Waals surface area (Å²) in [5.41, 5.74) is 2.92. The maximum atomic E-state index is 8.86. The molecular weight excluding hydrogens is 274 g/mol. The van der Waals surface area contributed by atoms with Gasteiger partial charge in [-0.15, -0.1) is 0 Å². The monoisotopic (exact) mass is 293 g/mol. The van der Waals surface area contributed by atoms with Crippen molar-refractivity contribution >= 4 is 10.9 Å². The number of aliphatic hydroxyl groups excluding tert-OH is 1. The van der Waals surface area contributed by atoms with Crippen LogP contribution in [0.25, 0.3) is 22.2 Å². The lowest BCUT2D eigenvalue weighted by Gasteiger charge is -2.11. The second-order valence-electron chi connectivity index (χ2n) is 5.17. The summed E-state index contributed by atoms with van der Waals surface area (Å²) in [6.07, 6.45) is 1.60. The van der Waals surface area contributed by atoms with E-state index in [1.54, 1.807) is 0 Å². The van der Waals surface area contributed by atoms with Gasteiger partial charge in [0.15, 0.2) is 0 Å². The summed E-state index contributed by atoms with van der Waals surface area (Å²) in [6, 6.07) is 20.1. The number of aromatic nitrogens is 1. The molecule has 0 spiro atoms. The molecule has 0 saturated carbocycles. The Morgan fingerprint density at radius 2 is 1.68 bits per heavy atom. The van der Waals surface area contributed by atoms with Crippen LogP contribution in [-0.4, -0.2) is 23.3 Å². The number of pyridine rings is 1. The Balaban J connectivity index is 1.97. The highest BCUT2D eigenvalue weighted by Crippen LogP contribution is 2.30. The maximum Gasteiger partial charge on any atom is 0.130 e. The molecule has 2 aromatic carbocycles. The first-order valence-electron chi connectivity index (χ1n) is 7.57. The Kier molecular flexibility index (Phi) is 4.66. The molecule has 0 unspecified atom stereocenters. The average molecular weight is 293 g/mol. The quantitative estimate of drug-likeness (QED) is 0.697. The summed E-state index contributed by atoms with van der Waals surface area (Å²) in [4.78, 5) is 4.73. The predicted octanol–water partition coefficient (Wildman–Crippen LogP) is 4.05. The van der Waals surface area contributed by atoms with Crippen molar-refractivity contribution in [3.05, 3.63) is 60.7 Å². The number of rotatable bonds is 6. The van der Waals surface area contributed by atoms with Gasteiger partial charge in [-0.1, -0.05) is 42.5 Å². The summed E-state index contributed by atoms with van der Waals surface area (Å²) in [5, 5.41) is 9.88. The number of para-hydroxylation sites is 1. The van der Waals surface area contributed by atoms with Gasteiger partial charge >= 0.3 is 0 Å². The zero-order chi connectivity index (χ0) is 15.2. The van der Waals surface area contributed by atoms with Crippen molar-refractivity contribution in [1.82, 2.24) is 4.98 Å². The van der Waals surface area contributed by atoms with E-state index in [2.05, 4.69) is 0 Å². The van der Waals surface area contributed by atoms with E-state index in [1.165, 1.54) is 0 Å². The summed E-state index contributed by atoms with van der Waals surface area (Å²) < 4.78 is 5.93. The summed E-state index contributed by atoms with van der Waals surface area (Å²) >= 11 is 0. The topological polar surface area (TPSA) is 42.4 Å². The Bertz CT molecular complexity index is 741. The van der Waals surface area contributed by atoms with Gasteiger partial charge in [-0.2, -0.15) is 0 Å². The molecule has 3 aromatic rings. The van der Waals surface area contributed by atoms with Crippen LogP contribution in [0.5, 0.6) is 5.75 Å². The number of hydrogen-bond donors (Lipinski definition) is 1. The number of hydrogen-bond acceptors (Lipinski definition) is 3. The molecule has 0 fully saturated rings. The van der Waals surface area contributed by atoms with Crippen molar-refractivity contribution in [2.75, 3.05) is 13.2 Å². The Labute approximate surface area is 130 Å².